The molecule has 5 heteroatoms. The molecule has 1 aromatic heterocycles. The van der Waals surface area contributed by atoms with Gasteiger partial charge in [0.15, 0.2) is 0 Å². The molecule has 0 radical (unpaired) electrons. The number of hydrogen-bond acceptors (Lipinski definition) is 3. The molecule has 0 bridgehead atoms. The van der Waals surface area contributed by atoms with Gasteiger partial charge in [0, 0.05) is 18.0 Å². The van der Waals surface area contributed by atoms with Crippen LogP contribution in [-0.2, 0) is 0 Å². The minimum atomic E-state index is -0.269. The number of nitrogens with one attached hydrogen (secondary N) is 1. The molecule has 4 nitrogen and oxygen atoms in total. The van der Waals surface area contributed by atoms with E-state index in [1.54, 1.807) is 11.3 Å². The minimum Gasteiger partial charge on any atom is -0.393 e. The number of hydrogen-bond donors (Lipinski definition) is 2. The molecule has 0 aliphatic carbocycles. The molecule has 2 rings (SSSR count). The van der Waals surface area contributed by atoms with Crippen LogP contribution in [0.5, 0.6) is 0 Å². The van der Waals surface area contributed by atoms with E-state index in [0.717, 1.165) is 32.4 Å². The van der Waals surface area contributed by atoms with Crippen LogP contribution >= 0.6 is 11.3 Å². The number of thiophene rings is 1. The predicted octanol–water partition coefficient (Wildman–Crippen LogP) is 3.00. The standard InChI is InChI=1S/C15H24N2O2S/c1-3-13(14-5-4-10-20-14)16-15(19)17-8-6-12(7-9-17)11(2)18/h4-5,10-13,18H,3,6-9H2,1-2H3,(H,16,19). The lowest BCUT2D eigenvalue weighted by Gasteiger charge is -2.34. The van der Waals surface area contributed by atoms with Gasteiger partial charge in [-0.15, -0.1) is 11.3 Å². The smallest absolute Gasteiger partial charge is 0.317 e. The second-order valence-corrected chi connectivity index (χ2v) is 6.47. The van der Waals surface area contributed by atoms with E-state index >= 15 is 0 Å². The summed E-state index contributed by atoms with van der Waals surface area (Å²) < 4.78 is 0. The third-order valence-corrected chi connectivity index (χ3v) is 5.09. The first kappa shape index (κ1) is 15.3. The lowest BCUT2D eigenvalue weighted by atomic mass is 9.92. The third kappa shape index (κ3) is 3.73. The average Bonchev–Trinajstić information content (AvgIpc) is 2.98. The Labute approximate surface area is 124 Å². The highest BCUT2D eigenvalue weighted by molar-refractivity contribution is 7.10. The van der Waals surface area contributed by atoms with Crippen LogP contribution in [-0.4, -0.2) is 35.2 Å². The number of carbonyl (C=O) groups is 1. The number of likely N-dealkylation sites (tertiary alicyclic amines) is 1. The first-order valence-electron chi connectivity index (χ1n) is 7.38. The summed E-state index contributed by atoms with van der Waals surface area (Å²) in [7, 11) is 0. The average molecular weight is 296 g/mol. The second kappa shape index (κ2) is 7.09. The van der Waals surface area contributed by atoms with Crippen molar-refractivity contribution in [1.82, 2.24) is 10.2 Å². The van der Waals surface area contributed by atoms with E-state index in [4.69, 9.17) is 0 Å². The van der Waals surface area contributed by atoms with E-state index < -0.39 is 0 Å². The fraction of sp³-hybridized carbons (Fsp3) is 0.667. The molecule has 2 atom stereocenters. The maximum atomic E-state index is 12.3. The lowest BCUT2D eigenvalue weighted by Crippen LogP contribution is -2.46. The summed E-state index contributed by atoms with van der Waals surface area (Å²) in [5.74, 6) is 0.332. The number of piperidine rings is 1. The SMILES string of the molecule is CCC(NC(=O)N1CCC(C(C)O)CC1)c1cccs1. The molecule has 112 valence electrons. The Morgan fingerprint density at radius 1 is 1.55 bits per heavy atom. The van der Waals surface area contributed by atoms with Crippen LogP contribution in [0.1, 0.15) is 44.0 Å². The Hall–Kier alpha value is -1.07. The second-order valence-electron chi connectivity index (χ2n) is 5.49. The van der Waals surface area contributed by atoms with E-state index in [-0.39, 0.29) is 18.2 Å². The normalized spacial score (nSPS) is 19.6. The van der Waals surface area contributed by atoms with Crippen LogP contribution in [0.2, 0.25) is 0 Å². The van der Waals surface area contributed by atoms with Crippen molar-refractivity contribution in [2.45, 2.75) is 45.3 Å². The first-order chi connectivity index (χ1) is 9.61. The van der Waals surface area contributed by atoms with Crippen LogP contribution in [0.3, 0.4) is 0 Å². The van der Waals surface area contributed by atoms with E-state index in [2.05, 4.69) is 18.3 Å². The zero-order valence-corrected chi connectivity index (χ0v) is 13.0. The summed E-state index contributed by atoms with van der Waals surface area (Å²) in [4.78, 5) is 15.4. The van der Waals surface area contributed by atoms with E-state index in [9.17, 15) is 9.90 Å². The number of aliphatic hydroxyl groups excluding tert-OH is 1. The Bertz CT molecular complexity index is 412. The summed E-state index contributed by atoms with van der Waals surface area (Å²) in [6, 6.07) is 4.22. The molecule has 2 unspecified atom stereocenters. The molecule has 1 fully saturated rings. The van der Waals surface area contributed by atoms with Gasteiger partial charge in [0.05, 0.1) is 12.1 Å². The quantitative estimate of drug-likeness (QED) is 0.897. The van der Waals surface area contributed by atoms with Crippen LogP contribution in [0.4, 0.5) is 4.79 Å². The van der Waals surface area contributed by atoms with Gasteiger partial charge in [-0.25, -0.2) is 4.79 Å². The molecule has 1 aliphatic rings. The van der Waals surface area contributed by atoms with Gasteiger partial charge in [0.25, 0.3) is 0 Å². The monoisotopic (exact) mass is 296 g/mol. The van der Waals surface area contributed by atoms with Crippen molar-refractivity contribution >= 4 is 17.4 Å². The minimum absolute atomic E-state index is 0.0225. The maximum Gasteiger partial charge on any atom is 0.317 e. The number of urea groups is 1. The Morgan fingerprint density at radius 2 is 2.25 bits per heavy atom. The molecule has 0 aromatic carbocycles. The zero-order chi connectivity index (χ0) is 14.5. The van der Waals surface area contributed by atoms with Gasteiger partial charge < -0.3 is 15.3 Å². The number of carbonyl (C=O) groups excluding carboxylic acids is 1. The first-order valence-corrected chi connectivity index (χ1v) is 8.26. The summed E-state index contributed by atoms with van der Waals surface area (Å²) in [6.45, 7) is 5.40. The fourth-order valence-electron chi connectivity index (χ4n) is 2.69. The van der Waals surface area contributed by atoms with E-state index in [1.165, 1.54) is 4.88 Å². The highest BCUT2D eigenvalue weighted by Crippen LogP contribution is 2.24. The number of rotatable bonds is 4. The van der Waals surface area contributed by atoms with Crippen LogP contribution in [0.25, 0.3) is 0 Å². The Balaban J connectivity index is 1.86. The van der Waals surface area contributed by atoms with Gasteiger partial charge in [0.2, 0.25) is 0 Å². The molecule has 1 aromatic rings. The molecule has 1 saturated heterocycles. The summed E-state index contributed by atoms with van der Waals surface area (Å²) in [6.07, 6.45) is 2.41. The van der Waals surface area contributed by atoms with Crippen molar-refractivity contribution in [1.29, 1.82) is 0 Å². The van der Waals surface area contributed by atoms with Gasteiger partial charge in [-0.3, -0.25) is 0 Å². The lowest BCUT2D eigenvalue weighted by molar-refractivity contribution is 0.0793. The molecule has 0 spiro atoms. The van der Waals surface area contributed by atoms with Gasteiger partial charge in [0.1, 0.15) is 0 Å². The van der Waals surface area contributed by atoms with Gasteiger partial charge >= 0.3 is 6.03 Å². The van der Waals surface area contributed by atoms with Crippen molar-refractivity contribution in [2.75, 3.05) is 13.1 Å². The van der Waals surface area contributed by atoms with Crippen molar-refractivity contribution < 1.29 is 9.90 Å². The maximum absolute atomic E-state index is 12.3. The van der Waals surface area contributed by atoms with Gasteiger partial charge in [-0.2, -0.15) is 0 Å². The molecule has 1 aliphatic heterocycles. The summed E-state index contributed by atoms with van der Waals surface area (Å²) in [5, 5.41) is 14.8. The molecule has 2 N–H and O–H groups in total. The summed E-state index contributed by atoms with van der Waals surface area (Å²) in [5.41, 5.74) is 0. The van der Waals surface area contributed by atoms with Crippen molar-refractivity contribution in [3.05, 3.63) is 22.4 Å². The number of amides is 2. The summed E-state index contributed by atoms with van der Waals surface area (Å²) >= 11 is 1.68. The molecule has 2 heterocycles. The molecule has 2 amide bonds. The van der Waals surface area contributed by atoms with Crippen LogP contribution < -0.4 is 5.32 Å². The molecule has 20 heavy (non-hydrogen) atoms. The van der Waals surface area contributed by atoms with Crippen LogP contribution in [0.15, 0.2) is 17.5 Å². The van der Waals surface area contributed by atoms with Crippen molar-refractivity contribution in [2.24, 2.45) is 5.92 Å². The van der Waals surface area contributed by atoms with Crippen molar-refractivity contribution in [3.63, 3.8) is 0 Å². The Kier molecular flexibility index (Phi) is 5.43. The zero-order valence-electron chi connectivity index (χ0n) is 12.2. The highest BCUT2D eigenvalue weighted by Gasteiger charge is 2.26. The fourth-order valence-corrected chi connectivity index (χ4v) is 3.55. The topological polar surface area (TPSA) is 52.6 Å². The van der Waals surface area contributed by atoms with E-state index in [1.807, 2.05) is 23.3 Å². The largest absolute Gasteiger partial charge is 0.393 e. The van der Waals surface area contributed by atoms with Crippen molar-refractivity contribution in [3.8, 4) is 0 Å². The molecular formula is C15H24N2O2S. The molecule has 0 saturated carbocycles. The third-order valence-electron chi connectivity index (χ3n) is 4.10. The van der Waals surface area contributed by atoms with Gasteiger partial charge in [-0.05, 0) is 43.6 Å². The highest BCUT2D eigenvalue weighted by atomic mass is 32.1. The Morgan fingerprint density at radius 3 is 2.75 bits per heavy atom. The van der Waals surface area contributed by atoms with Gasteiger partial charge in [-0.1, -0.05) is 13.0 Å². The van der Waals surface area contributed by atoms with Crippen LogP contribution in [0, 0.1) is 5.92 Å². The van der Waals surface area contributed by atoms with E-state index in [0.29, 0.717) is 5.92 Å². The molecular weight excluding hydrogens is 272 g/mol. The predicted molar refractivity (Wildman–Crippen MR) is 81.9 cm³/mol. The number of nitrogens with zero attached hydrogens (tertiary/aromatic N) is 1. The number of aliphatic hydroxyl groups is 1.